The molecule has 11 heavy (non-hydrogen) atoms. The summed E-state index contributed by atoms with van der Waals surface area (Å²) >= 11 is 0. The Bertz CT molecular complexity index is 205. The summed E-state index contributed by atoms with van der Waals surface area (Å²) in [6, 6.07) is 0. The van der Waals surface area contributed by atoms with Gasteiger partial charge in [0.05, 0.1) is 13.2 Å². The number of carbonyl (C=O) groups excluding carboxylic acids is 1. The molecule has 0 aromatic rings. The van der Waals surface area contributed by atoms with Gasteiger partial charge in [0.2, 0.25) is 0 Å². The number of methoxy groups -OCH3 is 1. The van der Waals surface area contributed by atoms with E-state index in [4.69, 9.17) is 0 Å². The molecular weight excluding hydrogens is 144 g/mol. The first kappa shape index (κ1) is 8.27. The van der Waals surface area contributed by atoms with Crippen molar-refractivity contribution in [3.63, 3.8) is 0 Å². The van der Waals surface area contributed by atoms with E-state index in [1.807, 2.05) is 0 Å². The molecule has 1 N–H and O–H groups in total. The molecule has 1 aliphatic carbocycles. The normalized spacial score (nSPS) is 24.1. The van der Waals surface area contributed by atoms with Gasteiger partial charge in [-0.25, -0.2) is 4.79 Å². The maximum absolute atomic E-state index is 11.0. The van der Waals surface area contributed by atoms with Gasteiger partial charge >= 0.3 is 5.97 Å². The zero-order valence-electron chi connectivity index (χ0n) is 6.76. The van der Waals surface area contributed by atoms with Crippen LogP contribution in [0.4, 0.5) is 0 Å². The number of rotatable bonds is 1. The van der Waals surface area contributed by atoms with Gasteiger partial charge in [-0.2, -0.15) is 0 Å². The lowest BCUT2D eigenvalue weighted by molar-refractivity contribution is -0.136. The van der Waals surface area contributed by atoms with E-state index in [9.17, 15) is 9.90 Å². The Morgan fingerprint density at radius 3 is 2.73 bits per heavy atom. The van der Waals surface area contributed by atoms with Crippen LogP contribution in [0.2, 0.25) is 0 Å². The molecule has 3 nitrogen and oxygen atoms in total. The number of ether oxygens (including phenoxy) is 1. The molecule has 0 amide bonds. The summed E-state index contributed by atoms with van der Waals surface area (Å²) in [5, 5.41) is 9.25. The van der Waals surface area contributed by atoms with Gasteiger partial charge in [0.15, 0.2) is 0 Å². The quantitative estimate of drug-likeness (QED) is 0.566. The largest absolute Gasteiger partial charge is 0.466 e. The van der Waals surface area contributed by atoms with Crippen LogP contribution in [0.5, 0.6) is 0 Å². The molecule has 0 aromatic heterocycles. The minimum Gasteiger partial charge on any atom is -0.466 e. The van der Waals surface area contributed by atoms with Crippen molar-refractivity contribution in [3.05, 3.63) is 11.1 Å². The fraction of sp³-hybridized carbons (Fsp3) is 0.625. The number of aliphatic hydroxyl groups excluding tert-OH is 1. The third-order valence-corrected chi connectivity index (χ3v) is 2.08. The van der Waals surface area contributed by atoms with Crippen molar-refractivity contribution in [3.8, 4) is 0 Å². The van der Waals surface area contributed by atoms with E-state index in [0.717, 1.165) is 5.57 Å². The third-order valence-electron chi connectivity index (χ3n) is 2.08. The van der Waals surface area contributed by atoms with Crippen LogP contribution in [-0.2, 0) is 9.53 Å². The van der Waals surface area contributed by atoms with E-state index < -0.39 is 6.10 Å². The molecule has 3 heteroatoms. The predicted molar refractivity (Wildman–Crippen MR) is 40.0 cm³/mol. The lowest BCUT2D eigenvalue weighted by Gasteiger charge is -2.01. The van der Waals surface area contributed by atoms with E-state index >= 15 is 0 Å². The molecule has 1 rings (SSSR count). The first-order chi connectivity index (χ1) is 5.16. The number of hydrogen-bond donors (Lipinski definition) is 1. The lowest BCUT2D eigenvalue weighted by atomic mass is 10.2. The second-order valence-corrected chi connectivity index (χ2v) is 2.71. The summed E-state index contributed by atoms with van der Waals surface area (Å²) in [5.41, 5.74) is 1.40. The molecule has 0 aliphatic heterocycles. The van der Waals surface area contributed by atoms with Gasteiger partial charge in [0.1, 0.15) is 0 Å². The highest BCUT2D eigenvalue weighted by molar-refractivity contribution is 5.90. The van der Waals surface area contributed by atoms with Crippen molar-refractivity contribution < 1.29 is 14.6 Å². The average molecular weight is 156 g/mol. The molecule has 0 unspecified atom stereocenters. The zero-order chi connectivity index (χ0) is 8.43. The molecule has 0 spiro atoms. The fourth-order valence-corrected chi connectivity index (χ4v) is 1.28. The van der Waals surface area contributed by atoms with Crippen LogP contribution in [-0.4, -0.2) is 24.3 Å². The van der Waals surface area contributed by atoms with Crippen molar-refractivity contribution in [1.29, 1.82) is 0 Å². The number of esters is 1. The maximum Gasteiger partial charge on any atom is 0.333 e. The Morgan fingerprint density at radius 1 is 1.73 bits per heavy atom. The van der Waals surface area contributed by atoms with Gasteiger partial charge in [-0.05, 0) is 25.3 Å². The summed E-state index contributed by atoms with van der Waals surface area (Å²) in [7, 11) is 1.35. The second-order valence-electron chi connectivity index (χ2n) is 2.71. The van der Waals surface area contributed by atoms with Crippen molar-refractivity contribution in [2.75, 3.05) is 7.11 Å². The van der Waals surface area contributed by atoms with Crippen molar-refractivity contribution in [2.45, 2.75) is 25.9 Å². The molecular formula is C8H12O3. The standard InChI is InChI=1S/C8H12O3/c1-5-6(8(10)11-2)3-4-7(5)9/h7,9H,3-4H2,1-2H3/t7-/m0/s1. The highest BCUT2D eigenvalue weighted by atomic mass is 16.5. The molecule has 1 aliphatic rings. The summed E-state index contributed by atoms with van der Waals surface area (Å²) < 4.78 is 4.54. The van der Waals surface area contributed by atoms with Crippen LogP contribution in [0.3, 0.4) is 0 Å². The fourth-order valence-electron chi connectivity index (χ4n) is 1.28. The summed E-state index contributed by atoms with van der Waals surface area (Å²) in [6.45, 7) is 1.77. The van der Waals surface area contributed by atoms with Gasteiger partial charge in [-0.1, -0.05) is 0 Å². The molecule has 0 saturated heterocycles. The molecule has 0 aromatic carbocycles. The molecule has 1 atom stereocenters. The zero-order valence-corrected chi connectivity index (χ0v) is 6.76. The van der Waals surface area contributed by atoms with E-state index in [1.165, 1.54) is 7.11 Å². The van der Waals surface area contributed by atoms with Gasteiger partial charge in [0.25, 0.3) is 0 Å². The predicted octanol–water partition coefficient (Wildman–Crippen LogP) is 0.631. The number of hydrogen-bond acceptors (Lipinski definition) is 3. The van der Waals surface area contributed by atoms with Gasteiger partial charge in [0, 0.05) is 5.57 Å². The van der Waals surface area contributed by atoms with E-state index in [1.54, 1.807) is 6.92 Å². The Morgan fingerprint density at radius 2 is 2.36 bits per heavy atom. The molecule has 0 saturated carbocycles. The Hall–Kier alpha value is -0.830. The van der Waals surface area contributed by atoms with Crippen molar-refractivity contribution in [2.24, 2.45) is 0 Å². The molecule has 0 bridgehead atoms. The molecule has 62 valence electrons. The smallest absolute Gasteiger partial charge is 0.333 e. The Balaban J connectivity index is 2.79. The van der Waals surface area contributed by atoms with Gasteiger partial charge in [-0.3, -0.25) is 0 Å². The highest BCUT2D eigenvalue weighted by Crippen LogP contribution is 2.26. The van der Waals surface area contributed by atoms with Crippen LogP contribution in [0.1, 0.15) is 19.8 Å². The first-order valence-corrected chi connectivity index (χ1v) is 3.63. The Kier molecular flexibility index (Phi) is 2.29. The van der Waals surface area contributed by atoms with Crippen LogP contribution in [0.15, 0.2) is 11.1 Å². The molecule has 0 radical (unpaired) electrons. The van der Waals surface area contributed by atoms with E-state index in [0.29, 0.717) is 18.4 Å². The number of aliphatic hydroxyl groups is 1. The second kappa shape index (κ2) is 3.05. The third kappa shape index (κ3) is 1.43. The van der Waals surface area contributed by atoms with E-state index in [-0.39, 0.29) is 5.97 Å². The molecule has 0 fully saturated rings. The summed E-state index contributed by atoms with van der Waals surface area (Å²) in [5.74, 6) is -0.306. The maximum atomic E-state index is 11.0. The topological polar surface area (TPSA) is 46.5 Å². The van der Waals surface area contributed by atoms with Crippen LogP contribution < -0.4 is 0 Å². The van der Waals surface area contributed by atoms with Gasteiger partial charge < -0.3 is 9.84 Å². The number of carbonyl (C=O) groups is 1. The van der Waals surface area contributed by atoms with Crippen molar-refractivity contribution in [1.82, 2.24) is 0 Å². The SMILES string of the molecule is COC(=O)C1=C(C)[C@@H](O)CC1. The summed E-state index contributed by atoms with van der Waals surface area (Å²) in [6.07, 6.45) is 0.847. The van der Waals surface area contributed by atoms with Crippen LogP contribution in [0, 0.1) is 0 Å². The minimum atomic E-state index is -0.441. The van der Waals surface area contributed by atoms with Gasteiger partial charge in [-0.15, -0.1) is 0 Å². The lowest BCUT2D eigenvalue weighted by Crippen LogP contribution is -2.06. The minimum absolute atomic E-state index is 0.306. The van der Waals surface area contributed by atoms with E-state index in [2.05, 4.69) is 4.74 Å². The highest BCUT2D eigenvalue weighted by Gasteiger charge is 2.24. The van der Waals surface area contributed by atoms with Crippen LogP contribution in [0.25, 0.3) is 0 Å². The monoisotopic (exact) mass is 156 g/mol. The Labute approximate surface area is 65.7 Å². The van der Waals surface area contributed by atoms with Crippen molar-refractivity contribution >= 4 is 5.97 Å². The average Bonchev–Trinajstić information content (AvgIpc) is 2.32. The van der Waals surface area contributed by atoms with Crippen LogP contribution >= 0.6 is 0 Å². The molecule has 0 heterocycles. The summed E-state index contributed by atoms with van der Waals surface area (Å²) in [4.78, 5) is 11.0. The first-order valence-electron chi connectivity index (χ1n) is 3.63.